The molecule has 0 amide bonds. The van der Waals surface area contributed by atoms with E-state index in [0.29, 0.717) is 15.9 Å². The Hall–Kier alpha value is -1.27. The van der Waals surface area contributed by atoms with Gasteiger partial charge in [-0.15, -0.1) is 10.2 Å². The van der Waals surface area contributed by atoms with Crippen molar-refractivity contribution in [2.45, 2.75) is 10.9 Å². The maximum Gasteiger partial charge on any atom is 0.209 e. The van der Waals surface area contributed by atoms with Crippen molar-refractivity contribution in [1.29, 1.82) is 0 Å². The van der Waals surface area contributed by atoms with Gasteiger partial charge in [0, 0.05) is 10.8 Å². The lowest BCUT2D eigenvalue weighted by Gasteiger charge is -2.03. The molecule has 0 aliphatic rings. The molecular formula is C9H8ClFN4S. The summed E-state index contributed by atoms with van der Waals surface area (Å²) < 4.78 is 14.1. The SMILES string of the molecule is Nn1cnnc1SCc1ccc(F)cc1Cl. The number of thioether (sulfide) groups is 1. The van der Waals surface area contributed by atoms with E-state index in [1.54, 1.807) is 6.07 Å². The Labute approximate surface area is 101 Å². The highest BCUT2D eigenvalue weighted by atomic mass is 35.5. The molecule has 1 heterocycles. The molecule has 84 valence electrons. The first-order valence-corrected chi connectivity index (χ1v) is 5.75. The summed E-state index contributed by atoms with van der Waals surface area (Å²) in [6, 6.07) is 4.29. The molecule has 0 spiro atoms. The van der Waals surface area contributed by atoms with E-state index in [9.17, 15) is 4.39 Å². The van der Waals surface area contributed by atoms with E-state index in [1.807, 2.05) is 0 Å². The van der Waals surface area contributed by atoms with Gasteiger partial charge in [-0.1, -0.05) is 29.4 Å². The lowest BCUT2D eigenvalue weighted by Crippen LogP contribution is -2.07. The van der Waals surface area contributed by atoms with E-state index >= 15 is 0 Å². The first-order chi connectivity index (χ1) is 7.66. The summed E-state index contributed by atoms with van der Waals surface area (Å²) in [6.07, 6.45) is 1.41. The van der Waals surface area contributed by atoms with Crippen molar-refractivity contribution in [3.05, 3.63) is 40.9 Å². The van der Waals surface area contributed by atoms with Crippen LogP contribution < -0.4 is 5.84 Å². The topological polar surface area (TPSA) is 56.7 Å². The Morgan fingerprint density at radius 2 is 2.31 bits per heavy atom. The fourth-order valence-corrected chi connectivity index (χ4v) is 2.27. The summed E-state index contributed by atoms with van der Waals surface area (Å²) in [7, 11) is 0. The summed E-state index contributed by atoms with van der Waals surface area (Å²) >= 11 is 7.27. The average Bonchev–Trinajstić information content (AvgIpc) is 2.63. The summed E-state index contributed by atoms with van der Waals surface area (Å²) in [4.78, 5) is 0. The molecule has 0 aliphatic carbocycles. The first-order valence-electron chi connectivity index (χ1n) is 4.38. The van der Waals surface area contributed by atoms with Gasteiger partial charge in [0.05, 0.1) is 0 Å². The molecule has 0 saturated carbocycles. The van der Waals surface area contributed by atoms with Gasteiger partial charge in [0.2, 0.25) is 5.16 Å². The molecule has 0 saturated heterocycles. The summed E-state index contributed by atoms with van der Waals surface area (Å²) in [5.41, 5.74) is 0.830. The quantitative estimate of drug-likeness (QED) is 0.676. The Morgan fingerprint density at radius 3 is 2.94 bits per heavy atom. The molecule has 2 N–H and O–H groups in total. The second-order valence-electron chi connectivity index (χ2n) is 3.05. The fraction of sp³-hybridized carbons (Fsp3) is 0.111. The number of hydrogen-bond donors (Lipinski definition) is 1. The second-order valence-corrected chi connectivity index (χ2v) is 4.39. The van der Waals surface area contributed by atoms with Crippen LogP contribution in [0.1, 0.15) is 5.56 Å². The molecule has 0 bridgehead atoms. The van der Waals surface area contributed by atoms with Gasteiger partial charge in [0.25, 0.3) is 0 Å². The molecule has 4 nitrogen and oxygen atoms in total. The van der Waals surface area contributed by atoms with Gasteiger partial charge in [-0.2, -0.15) is 0 Å². The Kier molecular flexibility index (Phi) is 3.31. The van der Waals surface area contributed by atoms with Gasteiger partial charge < -0.3 is 5.84 Å². The van der Waals surface area contributed by atoms with E-state index in [0.717, 1.165) is 5.56 Å². The number of nitrogens with zero attached hydrogens (tertiary/aromatic N) is 3. The minimum Gasteiger partial charge on any atom is -0.336 e. The van der Waals surface area contributed by atoms with Crippen LogP contribution in [0.2, 0.25) is 5.02 Å². The zero-order valence-corrected chi connectivity index (χ0v) is 9.67. The maximum absolute atomic E-state index is 12.8. The highest BCUT2D eigenvalue weighted by Gasteiger charge is 2.06. The molecule has 0 atom stereocenters. The van der Waals surface area contributed by atoms with E-state index in [4.69, 9.17) is 17.4 Å². The van der Waals surface area contributed by atoms with Crippen LogP contribution in [-0.2, 0) is 5.75 Å². The van der Waals surface area contributed by atoms with Crippen molar-refractivity contribution in [1.82, 2.24) is 14.9 Å². The van der Waals surface area contributed by atoms with Crippen molar-refractivity contribution >= 4 is 23.4 Å². The number of rotatable bonds is 3. The summed E-state index contributed by atoms with van der Waals surface area (Å²) in [6.45, 7) is 0. The molecule has 1 aromatic carbocycles. The highest BCUT2D eigenvalue weighted by molar-refractivity contribution is 7.98. The standard InChI is InChI=1S/C9H8ClFN4S/c10-8-3-7(11)2-1-6(8)4-16-9-14-13-5-15(9)12/h1-3,5H,4,12H2. The highest BCUT2D eigenvalue weighted by Crippen LogP contribution is 2.25. The smallest absolute Gasteiger partial charge is 0.209 e. The third kappa shape index (κ3) is 2.45. The van der Waals surface area contributed by atoms with Crippen molar-refractivity contribution in [2.24, 2.45) is 0 Å². The van der Waals surface area contributed by atoms with Crippen LogP contribution in [0.3, 0.4) is 0 Å². The van der Waals surface area contributed by atoms with Gasteiger partial charge in [-0.3, -0.25) is 0 Å². The van der Waals surface area contributed by atoms with Gasteiger partial charge in [0.15, 0.2) is 0 Å². The average molecular weight is 259 g/mol. The summed E-state index contributed by atoms with van der Waals surface area (Å²) in [5.74, 6) is 5.76. The van der Waals surface area contributed by atoms with Gasteiger partial charge >= 0.3 is 0 Å². The number of benzene rings is 1. The van der Waals surface area contributed by atoms with Crippen LogP contribution in [0.5, 0.6) is 0 Å². The predicted molar refractivity (Wildman–Crippen MR) is 61.1 cm³/mol. The van der Waals surface area contributed by atoms with E-state index < -0.39 is 0 Å². The minimum absolute atomic E-state index is 0.347. The van der Waals surface area contributed by atoms with Gasteiger partial charge in [-0.25, -0.2) is 9.07 Å². The maximum atomic E-state index is 12.8. The number of halogens is 2. The predicted octanol–water partition coefficient (Wildman–Crippen LogP) is 2.08. The van der Waals surface area contributed by atoms with Crippen LogP contribution >= 0.6 is 23.4 Å². The van der Waals surface area contributed by atoms with Crippen molar-refractivity contribution in [3.63, 3.8) is 0 Å². The molecule has 1 aromatic heterocycles. The molecule has 0 radical (unpaired) electrons. The Balaban J connectivity index is 2.08. The van der Waals surface area contributed by atoms with Crippen LogP contribution in [0.25, 0.3) is 0 Å². The molecule has 2 aromatic rings. The van der Waals surface area contributed by atoms with Gasteiger partial charge in [-0.05, 0) is 17.7 Å². The molecule has 7 heteroatoms. The molecule has 0 fully saturated rings. The second kappa shape index (κ2) is 4.71. The van der Waals surface area contributed by atoms with Crippen LogP contribution in [0.15, 0.2) is 29.7 Å². The van der Waals surface area contributed by atoms with Crippen LogP contribution in [0, 0.1) is 5.82 Å². The van der Waals surface area contributed by atoms with Crippen molar-refractivity contribution in [2.75, 3.05) is 5.84 Å². The van der Waals surface area contributed by atoms with E-state index in [-0.39, 0.29) is 5.82 Å². The molecule has 2 rings (SSSR count). The monoisotopic (exact) mass is 258 g/mol. The number of hydrogen-bond acceptors (Lipinski definition) is 4. The Morgan fingerprint density at radius 1 is 1.50 bits per heavy atom. The lowest BCUT2D eigenvalue weighted by molar-refractivity contribution is 0.627. The van der Waals surface area contributed by atoms with Crippen LogP contribution in [0.4, 0.5) is 4.39 Å². The molecule has 0 aliphatic heterocycles. The minimum atomic E-state index is -0.347. The molecule has 0 unspecified atom stereocenters. The van der Waals surface area contributed by atoms with Crippen LogP contribution in [-0.4, -0.2) is 14.9 Å². The zero-order chi connectivity index (χ0) is 11.5. The zero-order valence-electron chi connectivity index (χ0n) is 8.10. The number of nitrogens with two attached hydrogens (primary N) is 1. The molecule has 16 heavy (non-hydrogen) atoms. The Bertz CT molecular complexity index is 502. The van der Waals surface area contributed by atoms with E-state index in [1.165, 1.54) is 34.9 Å². The fourth-order valence-electron chi connectivity index (χ4n) is 1.12. The van der Waals surface area contributed by atoms with E-state index in [2.05, 4.69) is 10.2 Å². The largest absolute Gasteiger partial charge is 0.336 e. The number of aromatic nitrogens is 3. The van der Waals surface area contributed by atoms with Gasteiger partial charge in [0.1, 0.15) is 12.1 Å². The third-order valence-corrected chi connectivity index (χ3v) is 3.27. The number of nitrogen functional groups attached to an aromatic ring is 1. The first kappa shape index (κ1) is 11.2. The third-order valence-electron chi connectivity index (χ3n) is 1.91. The molecular weight excluding hydrogens is 251 g/mol. The van der Waals surface area contributed by atoms with Crippen molar-refractivity contribution < 1.29 is 4.39 Å². The lowest BCUT2D eigenvalue weighted by atomic mass is 10.2. The normalized spacial score (nSPS) is 10.6. The summed E-state index contributed by atoms with van der Waals surface area (Å²) in [5, 5.41) is 8.44. The van der Waals surface area contributed by atoms with Crippen molar-refractivity contribution in [3.8, 4) is 0 Å².